The number of non-ortho nitro benzene ring substituents is 1. The van der Waals surface area contributed by atoms with Crippen molar-refractivity contribution in [1.29, 1.82) is 0 Å². The second kappa shape index (κ2) is 6.11. The summed E-state index contributed by atoms with van der Waals surface area (Å²) < 4.78 is 0.862. The number of carboxylic acids is 1. The number of hydrogen-bond acceptors (Lipinski definition) is 4. The minimum atomic E-state index is -1.31. The first-order valence-corrected chi connectivity index (χ1v) is 6.79. The first kappa shape index (κ1) is 15.3. The number of hydrogen-bond donors (Lipinski definition) is 2. The minimum absolute atomic E-state index is 0.0375. The quantitative estimate of drug-likeness (QED) is 0.612. The maximum atomic E-state index is 11.3. The Balaban J connectivity index is 2.49. The third-order valence-electron chi connectivity index (χ3n) is 2.63. The molecule has 0 unspecified atom stereocenters. The number of aromatic carboxylic acids is 1. The fourth-order valence-electron chi connectivity index (χ4n) is 1.67. The smallest absolute Gasteiger partial charge is 0.338 e. The molecule has 0 aromatic heterocycles. The maximum Gasteiger partial charge on any atom is 0.338 e. The standard InChI is InChI=1S/C13H8BrClN2O4/c14-7-1-3-8(4-2-7)16-12-10(13(18)19)5-9(17(20)21)6-11(12)15/h1-6,16H,(H,18,19). The van der Waals surface area contributed by atoms with Crippen molar-refractivity contribution in [2.24, 2.45) is 0 Å². The van der Waals surface area contributed by atoms with Crippen LogP contribution < -0.4 is 5.32 Å². The van der Waals surface area contributed by atoms with Gasteiger partial charge in [-0.3, -0.25) is 10.1 Å². The first-order chi connectivity index (χ1) is 9.88. The molecule has 0 radical (unpaired) electrons. The summed E-state index contributed by atoms with van der Waals surface area (Å²) in [5, 5.41) is 22.8. The van der Waals surface area contributed by atoms with Gasteiger partial charge >= 0.3 is 5.97 Å². The SMILES string of the molecule is O=C(O)c1cc([N+](=O)[O-])cc(Cl)c1Nc1ccc(Br)cc1. The van der Waals surface area contributed by atoms with Crippen LogP contribution in [0.5, 0.6) is 0 Å². The Hall–Kier alpha value is -2.12. The summed E-state index contributed by atoms with van der Waals surface area (Å²) in [6.07, 6.45) is 0. The number of carbonyl (C=O) groups is 1. The predicted octanol–water partition coefficient (Wildman–Crippen LogP) is 4.45. The van der Waals surface area contributed by atoms with Gasteiger partial charge in [0.1, 0.15) is 0 Å². The first-order valence-electron chi connectivity index (χ1n) is 5.62. The van der Waals surface area contributed by atoms with Crippen molar-refractivity contribution in [3.05, 3.63) is 61.6 Å². The van der Waals surface area contributed by atoms with E-state index in [4.69, 9.17) is 11.6 Å². The monoisotopic (exact) mass is 370 g/mol. The third kappa shape index (κ3) is 3.50. The number of carboxylic acid groups (broad SMARTS) is 1. The zero-order valence-corrected chi connectivity index (χ0v) is 12.7. The Bertz CT molecular complexity index is 719. The van der Waals surface area contributed by atoms with Crippen LogP contribution in [-0.4, -0.2) is 16.0 Å². The van der Waals surface area contributed by atoms with E-state index < -0.39 is 10.9 Å². The largest absolute Gasteiger partial charge is 0.478 e. The second-order valence-corrected chi connectivity index (χ2v) is 5.37. The lowest BCUT2D eigenvalue weighted by atomic mass is 10.1. The second-order valence-electron chi connectivity index (χ2n) is 4.04. The molecule has 0 fully saturated rings. The van der Waals surface area contributed by atoms with Gasteiger partial charge in [-0.25, -0.2) is 4.79 Å². The van der Waals surface area contributed by atoms with Gasteiger partial charge in [-0.1, -0.05) is 27.5 Å². The van der Waals surface area contributed by atoms with Crippen LogP contribution in [0.4, 0.5) is 17.1 Å². The van der Waals surface area contributed by atoms with Crippen LogP contribution in [0.2, 0.25) is 5.02 Å². The highest BCUT2D eigenvalue weighted by molar-refractivity contribution is 9.10. The molecule has 0 atom stereocenters. The number of nitro groups is 1. The molecule has 0 aliphatic carbocycles. The Morgan fingerprint density at radius 2 is 1.90 bits per heavy atom. The van der Waals surface area contributed by atoms with Crippen molar-refractivity contribution in [2.75, 3.05) is 5.32 Å². The molecule has 2 aromatic rings. The highest BCUT2D eigenvalue weighted by Gasteiger charge is 2.20. The molecule has 2 rings (SSSR count). The molecule has 0 spiro atoms. The molecule has 108 valence electrons. The summed E-state index contributed by atoms with van der Waals surface area (Å²) in [5.41, 5.74) is 0.0735. The van der Waals surface area contributed by atoms with Crippen molar-refractivity contribution >= 4 is 50.6 Å². The Morgan fingerprint density at radius 1 is 1.29 bits per heavy atom. The lowest BCUT2D eigenvalue weighted by Crippen LogP contribution is -2.05. The lowest BCUT2D eigenvalue weighted by Gasteiger charge is -2.11. The van der Waals surface area contributed by atoms with E-state index in [1.165, 1.54) is 0 Å². The van der Waals surface area contributed by atoms with E-state index in [-0.39, 0.29) is 22.0 Å². The van der Waals surface area contributed by atoms with Gasteiger partial charge in [-0.15, -0.1) is 0 Å². The van der Waals surface area contributed by atoms with Gasteiger partial charge < -0.3 is 10.4 Å². The van der Waals surface area contributed by atoms with E-state index >= 15 is 0 Å². The van der Waals surface area contributed by atoms with E-state index in [9.17, 15) is 20.0 Å². The molecule has 0 bridgehead atoms. The average Bonchev–Trinajstić information content (AvgIpc) is 2.42. The topological polar surface area (TPSA) is 92.5 Å². The maximum absolute atomic E-state index is 11.3. The number of benzene rings is 2. The number of nitrogens with one attached hydrogen (secondary N) is 1. The zero-order valence-electron chi connectivity index (χ0n) is 10.3. The van der Waals surface area contributed by atoms with E-state index in [2.05, 4.69) is 21.2 Å². The highest BCUT2D eigenvalue weighted by atomic mass is 79.9. The Labute approximate surface area is 132 Å². The van der Waals surface area contributed by atoms with Crippen molar-refractivity contribution in [3.63, 3.8) is 0 Å². The molecule has 0 saturated carbocycles. The highest BCUT2D eigenvalue weighted by Crippen LogP contribution is 2.33. The van der Waals surface area contributed by atoms with Crippen molar-refractivity contribution < 1.29 is 14.8 Å². The summed E-state index contributed by atoms with van der Waals surface area (Å²) >= 11 is 9.25. The van der Waals surface area contributed by atoms with Crippen molar-refractivity contribution in [3.8, 4) is 0 Å². The molecular formula is C13H8BrClN2O4. The van der Waals surface area contributed by atoms with Crippen molar-refractivity contribution in [1.82, 2.24) is 0 Å². The average molecular weight is 372 g/mol. The van der Waals surface area contributed by atoms with Crippen LogP contribution in [-0.2, 0) is 0 Å². The van der Waals surface area contributed by atoms with E-state index in [1.54, 1.807) is 24.3 Å². The molecule has 8 heteroatoms. The number of anilines is 2. The minimum Gasteiger partial charge on any atom is -0.478 e. The van der Waals surface area contributed by atoms with Gasteiger partial charge in [0.05, 0.1) is 21.2 Å². The Kier molecular flexibility index (Phi) is 4.44. The molecule has 0 amide bonds. The van der Waals surface area contributed by atoms with Crippen LogP contribution in [0.3, 0.4) is 0 Å². The predicted molar refractivity (Wildman–Crippen MR) is 82.5 cm³/mol. The van der Waals surface area contributed by atoms with Crippen LogP contribution in [0, 0.1) is 10.1 Å². The van der Waals surface area contributed by atoms with Gasteiger partial charge in [0, 0.05) is 22.3 Å². The summed E-state index contributed by atoms with van der Waals surface area (Å²) in [4.78, 5) is 21.3. The number of halogens is 2. The fourth-order valence-corrected chi connectivity index (χ4v) is 2.20. The van der Waals surface area contributed by atoms with Gasteiger partial charge in [-0.2, -0.15) is 0 Å². The summed E-state index contributed by atoms with van der Waals surface area (Å²) in [6.45, 7) is 0. The van der Waals surface area contributed by atoms with E-state index in [1.807, 2.05) is 0 Å². The third-order valence-corrected chi connectivity index (χ3v) is 3.46. The molecule has 6 nitrogen and oxygen atoms in total. The molecule has 2 aromatic carbocycles. The lowest BCUT2D eigenvalue weighted by molar-refractivity contribution is -0.384. The summed E-state index contributed by atoms with van der Waals surface area (Å²) in [6, 6.07) is 9.04. The zero-order chi connectivity index (χ0) is 15.6. The van der Waals surface area contributed by atoms with E-state index in [0.717, 1.165) is 16.6 Å². The van der Waals surface area contributed by atoms with Gasteiger partial charge in [0.25, 0.3) is 5.69 Å². The number of rotatable bonds is 4. The van der Waals surface area contributed by atoms with Gasteiger partial charge in [0.15, 0.2) is 0 Å². The molecule has 0 aliphatic heterocycles. The van der Waals surface area contributed by atoms with E-state index in [0.29, 0.717) is 5.69 Å². The molecule has 0 aliphatic rings. The molecule has 21 heavy (non-hydrogen) atoms. The fraction of sp³-hybridized carbons (Fsp3) is 0. The van der Waals surface area contributed by atoms with Crippen LogP contribution in [0.25, 0.3) is 0 Å². The van der Waals surface area contributed by atoms with Crippen LogP contribution in [0.15, 0.2) is 40.9 Å². The van der Waals surface area contributed by atoms with Crippen molar-refractivity contribution in [2.45, 2.75) is 0 Å². The summed E-state index contributed by atoms with van der Waals surface area (Å²) in [5.74, 6) is -1.31. The van der Waals surface area contributed by atoms with Gasteiger partial charge in [-0.05, 0) is 24.3 Å². The molecular weight excluding hydrogens is 364 g/mol. The number of nitro benzene ring substituents is 1. The number of nitrogens with zero attached hydrogens (tertiary/aromatic N) is 1. The molecule has 2 N–H and O–H groups in total. The Morgan fingerprint density at radius 3 is 2.43 bits per heavy atom. The molecule has 0 heterocycles. The van der Waals surface area contributed by atoms with Crippen LogP contribution >= 0.6 is 27.5 Å². The normalized spacial score (nSPS) is 10.2. The summed E-state index contributed by atoms with van der Waals surface area (Å²) in [7, 11) is 0. The molecule has 0 saturated heterocycles. The van der Waals surface area contributed by atoms with Gasteiger partial charge in [0.2, 0.25) is 0 Å². The van der Waals surface area contributed by atoms with Crippen LogP contribution in [0.1, 0.15) is 10.4 Å².